The van der Waals surface area contributed by atoms with E-state index < -0.39 is 0 Å². The molecule has 0 unspecified atom stereocenters. The van der Waals surface area contributed by atoms with Crippen molar-refractivity contribution in [3.05, 3.63) is 5.82 Å². The van der Waals surface area contributed by atoms with Crippen molar-refractivity contribution in [3.8, 4) is 0 Å². The molecule has 0 saturated heterocycles. The van der Waals surface area contributed by atoms with Crippen LogP contribution in [0.15, 0.2) is 0 Å². The predicted molar refractivity (Wildman–Crippen MR) is 42.2 cm³/mol. The van der Waals surface area contributed by atoms with Crippen molar-refractivity contribution in [1.82, 2.24) is 20.2 Å². The molecule has 11 heavy (non-hydrogen) atoms. The van der Waals surface area contributed by atoms with Crippen molar-refractivity contribution in [2.24, 2.45) is 0 Å². The van der Waals surface area contributed by atoms with Crippen molar-refractivity contribution in [2.45, 2.75) is 39.7 Å². The summed E-state index contributed by atoms with van der Waals surface area (Å²) in [4.78, 5) is 0. The average Bonchev–Trinajstić information content (AvgIpc) is 2.31. The summed E-state index contributed by atoms with van der Waals surface area (Å²) in [6.07, 6.45) is 0.879. The zero-order valence-electron chi connectivity index (χ0n) is 7.50. The molecule has 0 spiro atoms. The molecule has 0 N–H and O–H groups in total. The van der Waals surface area contributed by atoms with E-state index in [0.717, 1.165) is 12.2 Å². The van der Waals surface area contributed by atoms with Crippen molar-refractivity contribution < 1.29 is 0 Å². The van der Waals surface area contributed by atoms with E-state index in [0.29, 0.717) is 0 Å². The molecule has 0 amide bonds. The molecule has 4 heteroatoms. The van der Waals surface area contributed by atoms with Gasteiger partial charge >= 0.3 is 0 Å². The highest BCUT2D eigenvalue weighted by Crippen LogP contribution is 2.12. The standard InChI is InChI=1S/C7H14N4/c1-5-6-8-9-10-11(6)7(2,3)4/h5H2,1-4H3. The molecular weight excluding hydrogens is 140 g/mol. The smallest absolute Gasteiger partial charge is 0.151 e. The van der Waals surface area contributed by atoms with Crippen molar-refractivity contribution in [2.75, 3.05) is 0 Å². The van der Waals surface area contributed by atoms with Crippen LogP contribution in [0, 0.1) is 0 Å². The zero-order valence-corrected chi connectivity index (χ0v) is 7.50. The van der Waals surface area contributed by atoms with E-state index in [4.69, 9.17) is 0 Å². The Kier molecular flexibility index (Phi) is 1.93. The predicted octanol–water partition coefficient (Wildman–Crippen LogP) is 0.990. The fraction of sp³-hybridized carbons (Fsp3) is 0.857. The summed E-state index contributed by atoms with van der Waals surface area (Å²) in [7, 11) is 0. The second kappa shape index (κ2) is 2.60. The summed E-state index contributed by atoms with van der Waals surface area (Å²) in [6, 6.07) is 0. The van der Waals surface area contributed by atoms with Gasteiger partial charge in [-0.25, -0.2) is 4.68 Å². The molecule has 1 aromatic rings. The van der Waals surface area contributed by atoms with Crippen LogP contribution in [0.3, 0.4) is 0 Å². The fourth-order valence-corrected chi connectivity index (χ4v) is 0.947. The summed E-state index contributed by atoms with van der Waals surface area (Å²) < 4.78 is 1.85. The average molecular weight is 154 g/mol. The summed E-state index contributed by atoms with van der Waals surface area (Å²) in [5.41, 5.74) is -0.00512. The first kappa shape index (κ1) is 8.17. The van der Waals surface area contributed by atoms with Gasteiger partial charge in [-0.05, 0) is 31.2 Å². The number of rotatable bonds is 1. The Labute approximate surface area is 66.6 Å². The van der Waals surface area contributed by atoms with Gasteiger partial charge in [0.1, 0.15) is 0 Å². The minimum absolute atomic E-state index is 0.00512. The highest BCUT2D eigenvalue weighted by atomic mass is 15.6. The Balaban J connectivity index is 3.02. The topological polar surface area (TPSA) is 43.6 Å². The van der Waals surface area contributed by atoms with E-state index in [9.17, 15) is 0 Å². The summed E-state index contributed by atoms with van der Waals surface area (Å²) in [6.45, 7) is 8.31. The molecule has 0 saturated carbocycles. The normalized spacial score (nSPS) is 12.0. The summed E-state index contributed by atoms with van der Waals surface area (Å²) >= 11 is 0. The Hall–Kier alpha value is -0.930. The van der Waals surface area contributed by atoms with Gasteiger partial charge < -0.3 is 0 Å². The van der Waals surface area contributed by atoms with Crippen LogP contribution < -0.4 is 0 Å². The molecule has 0 radical (unpaired) electrons. The highest BCUT2D eigenvalue weighted by Gasteiger charge is 2.17. The monoisotopic (exact) mass is 154 g/mol. The Morgan fingerprint density at radius 1 is 1.36 bits per heavy atom. The van der Waals surface area contributed by atoms with Gasteiger partial charge in [-0.1, -0.05) is 6.92 Å². The molecule has 0 aliphatic rings. The van der Waals surface area contributed by atoms with Crippen molar-refractivity contribution >= 4 is 0 Å². The lowest BCUT2D eigenvalue weighted by Gasteiger charge is -2.19. The number of aromatic nitrogens is 4. The van der Waals surface area contributed by atoms with Crippen LogP contribution in [0.25, 0.3) is 0 Å². The maximum absolute atomic E-state index is 3.91. The molecule has 0 aromatic carbocycles. The molecule has 1 heterocycles. The van der Waals surface area contributed by atoms with Crippen molar-refractivity contribution in [1.29, 1.82) is 0 Å². The Morgan fingerprint density at radius 3 is 2.36 bits per heavy atom. The first-order chi connectivity index (χ1) is 5.05. The Morgan fingerprint density at radius 2 is 2.00 bits per heavy atom. The van der Waals surface area contributed by atoms with Crippen molar-refractivity contribution in [3.63, 3.8) is 0 Å². The number of tetrazole rings is 1. The van der Waals surface area contributed by atoms with Crippen LogP contribution in [0.4, 0.5) is 0 Å². The number of hydrogen-bond donors (Lipinski definition) is 0. The lowest BCUT2D eigenvalue weighted by Crippen LogP contribution is -2.25. The quantitative estimate of drug-likeness (QED) is 0.606. The van der Waals surface area contributed by atoms with E-state index in [-0.39, 0.29) is 5.54 Å². The van der Waals surface area contributed by atoms with Crippen LogP contribution in [0.2, 0.25) is 0 Å². The molecule has 62 valence electrons. The molecular formula is C7H14N4. The second-order valence-electron chi connectivity index (χ2n) is 3.53. The molecule has 0 fully saturated rings. The first-order valence-electron chi connectivity index (χ1n) is 3.83. The maximum atomic E-state index is 3.91. The SMILES string of the molecule is CCc1nnnn1C(C)(C)C. The van der Waals surface area contributed by atoms with Gasteiger partial charge in [0.05, 0.1) is 5.54 Å². The van der Waals surface area contributed by atoms with Gasteiger partial charge in [0.2, 0.25) is 0 Å². The van der Waals surface area contributed by atoms with Crippen LogP contribution >= 0.6 is 0 Å². The third-order valence-corrected chi connectivity index (χ3v) is 1.49. The number of nitrogens with zero attached hydrogens (tertiary/aromatic N) is 4. The molecule has 4 nitrogen and oxygen atoms in total. The molecule has 0 aliphatic heterocycles. The largest absolute Gasteiger partial charge is 0.224 e. The lowest BCUT2D eigenvalue weighted by molar-refractivity contribution is 0.336. The third kappa shape index (κ3) is 1.56. The molecule has 1 aromatic heterocycles. The minimum Gasteiger partial charge on any atom is -0.224 e. The molecule has 1 rings (SSSR count). The second-order valence-corrected chi connectivity index (χ2v) is 3.53. The maximum Gasteiger partial charge on any atom is 0.151 e. The number of aryl methyl sites for hydroxylation is 1. The molecule has 0 bridgehead atoms. The van der Waals surface area contributed by atoms with Gasteiger partial charge in [0.15, 0.2) is 5.82 Å². The lowest BCUT2D eigenvalue weighted by atomic mass is 10.1. The summed E-state index contributed by atoms with van der Waals surface area (Å²) in [5, 5.41) is 11.4. The van der Waals surface area contributed by atoms with Crippen LogP contribution in [-0.2, 0) is 12.0 Å². The van der Waals surface area contributed by atoms with Gasteiger partial charge in [-0.2, -0.15) is 0 Å². The molecule has 0 atom stereocenters. The van der Waals surface area contributed by atoms with Gasteiger partial charge in [0.25, 0.3) is 0 Å². The fourth-order valence-electron chi connectivity index (χ4n) is 0.947. The highest BCUT2D eigenvalue weighted by molar-refractivity contribution is 4.85. The van der Waals surface area contributed by atoms with Gasteiger partial charge in [-0.3, -0.25) is 0 Å². The van der Waals surface area contributed by atoms with E-state index >= 15 is 0 Å². The zero-order chi connectivity index (χ0) is 8.48. The van der Waals surface area contributed by atoms with Crippen LogP contribution in [0.5, 0.6) is 0 Å². The van der Waals surface area contributed by atoms with Gasteiger partial charge in [0, 0.05) is 6.42 Å². The van der Waals surface area contributed by atoms with E-state index in [1.54, 1.807) is 0 Å². The molecule has 0 aliphatic carbocycles. The Bertz CT molecular complexity index is 233. The first-order valence-corrected chi connectivity index (χ1v) is 3.83. The van der Waals surface area contributed by atoms with E-state index in [1.165, 1.54) is 0 Å². The van der Waals surface area contributed by atoms with Gasteiger partial charge in [-0.15, -0.1) is 5.10 Å². The van der Waals surface area contributed by atoms with Crippen LogP contribution in [-0.4, -0.2) is 20.2 Å². The third-order valence-electron chi connectivity index (χ3n) is 1.49. The van der Waals surface area contributed by atoms with Crippen LogP contribution in [0.1, 0.15) is 33.5 Å². The number of hydrogen-bond acceptors (Lipinski definition) is 3. The minimum atomic E-state index is -0.00512. The van der Waals surface area contributed by atoms with E-state index in [1.807, 2.05) is 11.6 Å². The van der Waals surface area contributed by atoms with E-state index in [2.05, 4.69) is 36.3 Å². The summed E-state index contributed by atoms with van der Waals surface area (Å²) in [5.74, 6) is 0.942.